The van der Waals surface area contributed by atoms with Crippen LogP contribution in [-0.2, 0) is 4.74 Å². The largest absolute Gasteiger partial charge is 0.377 e. The summed E-state index contributed by atoms with van der Waals surface area (Å²) < 4.78 is 5.51. The van der Waals surface area contributed by atoms with E-state index in [-0.39, 0.29) is 5.54 Å². The zero-order valence-electron chi connectivity index (χ0n) is 11.8. The maximum absolute atomic E-state index is 5.51. The van der Waals surface area contributed by atoms with Gasteiger partial charge in [-0.15, -0.1) is 0 Å². The van der Waals surface area contributed by atoms with Crippen LogP contribution in [-0.4, -0.2) is 54.3 Å². The molecule has 2 heterocycles. The molecule has 106 valence electrons. The first-order valence-corrected chi connectivity index (χ1v) is 6.19. The quantitative estimate of drug-likeness (QED) is 0.576. The zero-order valence-corrected chi connectivity index (χ0v) is 11.8. The maximum atomic E-state index is 5.51. The topological polar surface area (TPSA) is 92.4 Å². The minimum absolute atomic E-state index is 0.158. The van der Waals surface area contributed by atoms with Gasteiger partial charge in [-0.1, -0.05) is 0 Å². The highest BCUT2D eigenvalue weighted by Gasteiger charge is 2.33. The van der Waals surface area contributed by atoms with Crippen LogP contribution < -0.4 is 21.1 Å². The van der Waals surface area contributed by atoms with Crippen LogP contribution in [0, 0.1) is 0 Å². The minimum Gasteiger partial charge on any atom is -0.377 e. The summed E-state index contributed by atoms with van der Waals surface area (Å²) >= 11 is 0. The van der Waals surface area contributed by atoms with Gasteiger partial charge in [0.05, 0.1) is 18.8 Å². The Morgan fingerprint density at radius 3 is 2.63 bits per heavy atom. The number of nitrogens with two attached hydrogens (primary N) is 1. The summed E-state index contributed by atoms with van der Waals surface area (Å²) in [5.74, 6) is 6.96. The molecular formula is C11H21N7O. The van der Waals surface area contributed by atoms with E-state index < -0.39 is 0 Å². The van der Waals surface area contributed by atoms with Gasteiger partial charge in [-0.3, -0.25) is 5.43 Å². The van der Waals surface area contributed by atoms with E-state index in [2.05, 4.69) is 39.1 Å². The maximum Gasteiger partial charge on any atom is 0.243 e. The van der Waals surface area contributed by atoms with Crippen molar-refractivity contribution in [2.24, 2.45) is 5.84 Å². The molecule has 0 saturated carbocycles. The third-order valence-electron chi connectivity index (χ3n) is 3.03. The van der Waals surface area contributed by atoms with Gasteiger partial charge < -0.3 is 14.5 Å². The molecule has 3 N–H and O–H groups in total. The molecule has 0 spiro atoms. The average Bonchev–Trinajstić information content (AvgIpc) is 2.37. The first kappa shape index (κ1) is 13.8. The SMILES string of the molecule is CN(C)c1nc(NN)nc(N2CCOCC2(C)C)n1. The molecule has 2 rings (SSSR count). The molecule has 1 fully saturated rings. The van der Waals surface area contributed by atoms with Crippen LogP contribution in [0.25, 0.3) is 0 Å². The lowest BCUT2D eigenvalue weighted by molar-refractivity contribution is 0.0634. The molecule has 0 aliphatic carbocycles. The highest BCUT2D eigenvalue weighted by molar-refractivity contribution is 5.46. The molecule has 19 heavy (non-hydrogen) atoms. The normalized spacial score (nSPS) is 18.3. The number of ether oxygens (including phenoxy) is 1. The Morgan fingerprint density at radius 2 is 2.05 bits per heavy atom. The highest BCUT2D eigenvalue weighted by Crippen LogP contribution is 2.25. The smallest absolute Gasteiger partial charge is 0.243 e. The van der Waals surface area contributed by atoms with Crippen molar-refractivity contribution in [3.05, 3.63) is 0 Å². The summed E-state index contributed by atoms with van der Waals surface area (Å²) in [6.45, 7) is 6.24. The predicted molar refractivity (Wildman–Crippen MR) is 74.2 cm³/mol. The van der Waals surface area contributed by atoms with Gasteiger partial charge in [-0.25, -0.2) is 5.84 Å². The van der Waals surface area contributed by atoms with Crippen LogP contribution in [0.4, 0.5) is 17.8 Å². The van der Waals surface area contributed by atoms with E-state index in [1.165, 1.54) is 0 Å². The van der Waals surface area contributed by atoms with Crippen LogP contribution in [0.15, 0.2) is 0 Å². The number of hydrogen-bond donors (Lipinski definition) is 2. The standard InChI is InChI=1S/C11H21N7O/c1-11(2)7-19-6-5-18(11)10-14-8(16-12)13-9(15-10)17(3)4/h5-7,12H2,1-4H3,(H,13,14,15,16). The fourth-order valence-corrected chi connectivity index (χ4v) is 1.97. The number of nitrogen functional groups attached to an aromatic ring is 1. The number of nitrogens with zero attached hydrogens (tertiary/aromatic N) is 5. The van der Waals surface area contributed by atoms with Crippen LogP contribution in [0.1, 0.15) is 13.8 Å². The van der Waals surface area contributed by atoms with Crippen LogP contribution in [0.5, 0.6) is 0 Å². The number of morpholine rings is 1. The van der Waals surface area contributed by atoms with Crippen molar-refractivity contribution in [3.8, 4) is 0 Å². The van der Waals surface area contributed by atoms with Crippen molar-refractivity contribution in [1.82, 2.24) is 15.0 Å². The van der Waals surface area contributed by atoms with Gasteiger partial charge >= 0.3 is 0 Å². The lowest BCUT2D eigenvalue weighted by atomic mass is 10.0. The molecular weight excluding hydrogens is 246 g/mol. The van der Waals surface area contributed by atoms with E-state index in [1.54, 1.807) is 0 Å². The van der Waals surface area contributed by atoms with E-state index >= 15 is 0 Å². The molecule has 8 heteroatoms. The molecule has 0 amide bonds. The Hall–Kier alpha value is -1.67. The molecule has 1 aliphatic rings. The predicted octanol–water partition coefficient (Wildman–Crippen LogP) is -0.162. The Morgan fingerprint density at radius 1 is 1.32 bits per heavy atom. The number of hydrogen-bond acceptors (Lipinski definition) is 8. The minimum atomic E-state index is -0.158. The van der Waals surface area contributed by atoms with Gasteiger partial charge in [0.1, 0.15) is 0 Å². The van der Waals surface area contributed by atoms with Crippen LogP contribution in [0.3, 0.4) is 0 Å². The van der Waals surface area contributed by atoms with E-state index in [9.17, 15) is 0 Å². The number of rotatable bonds is 3. The summed E-state index contributed by atoms with van der Waals surface area (Å²) in [5.41, 5.74) is 2.32. The summed E-state index contributed by atoms with van der Waals surface area (Å²) in [6.07, 6.45) is 0. The Balaban J connectivity index is 2.40. The molecule has 0 bridgehead atoms. The van der Waals surface area contributed by atoms with E-state index in [4.69, 9.17) is 10.6 Å². The average molecular weight is 267 g/mol. The van der Waals surface area contributed by atoms with E-state index in [0.29, 0.717) is 31.1 Å². The van der Waals surface area contributed by atoms with Crippen molar-refractivity contribution in [1.29, 1.82) is 0 Å². The second-order valence-electron chi connectivity index (χ2n) is 5.31. The van der Waals surface area contributed by atoms with Gasteiger partial charge in [-0.2, -0.15) is 15.0 Å². The number of nitrogens with one attached hydrogen (secondary N) is 1. The molecule has 8 nitrogen and oxygen atoms in total. The lowest BCUT2D eigenvalue weighted by Crippen LogP contribution is -2.54. The van der Waals surface area contributed by atoms with Crippen LogP contribution >= 0.6 is 0 Å². The fraction of sp³-hybridized carbons (Fsp3) is 0.727. The second-order valence-corrected chi connectivity index (χ2v) is 5.31. The molecule has 0 unspecified atom stereocenters. The highest BCUT2D eigenvalue weighted by atomic mass is 16.5. The summed E-state index contributed by atoms with van der Waals surface area (Å²) in [7, 11) is 3.76. The number of aromatic nitrogens is 3. The molecule has 1 aromatic heterocycles. The van der Waals surface area contributed by atoms with E-state index in [1.807, 2.05) is 19.0 Å². The summed E-state index contributed by atoms with van der Waals surface area (Å²) in [5, 5.41) is 0. The Bertz CT molecular complexity index is 449. The number of anilines is 3. The third-order valence-corrected chi connectivity index (χ3v) is 3.03. The van der Waals surface area contributed by atoms with Gasteiger partial charge in [0.2, 0.25) is 17.8 Å². The monoisotopic (exact) mass is 267 g/mol. The Labute approximate surface area is 112 Å². The van der Waals surface area contributed by atoms with Gasteiger partial charge in [0, 0.05) is 20.6 Å². The van der Waals surface area contributed by atoms with Crippen molar-refractivity contribution in [2.75, 3.05) is 49.1 Å². The van der Waals surface area contributed by atoms with Crippen molar-refractivity contribution in [2.45, 2.75) is 19.4 Å². The molecule has 1 saturated heterocycles. The third kappa shape index (κ3) is 2.85. The zero-order chi connectivity index (χ0) is 14.0. The van der Waals surface area contributed by atoms with E-state index in [0.717, 1.165) is 6.54 Å². The lowest BCUT2D eigenvalue weighted by Gasteiger charge is -2.42. The van der Waals surface area contributed by atoms with Crippen LogP contribution in [0.2, 0.25) is 0 Å². The fourth-order valence-electron chi connectivity index (χ4n) is 1.97. The van der Waals surface area contributed by atoms with Crippen molar-refractivity contribution in [3.63, 3.8) is 0 Å². The summed E-state index contributed by atoms with van der Waals surface area (Å²) in [4.78, 5) is 17.0. The van der Waals surface area contributed by atoms with Crippen molar-refractivity contribution >= 4 is 17.8 Å². The summed E-state index contributed by atoms with van der Waals surface area (Å²) in [6, 6.07) is 0. The van der Waals surface area contributed by atoms with Crippen molar-refractivity contribution < 1.29 is 4.74 Å². The second kappa shape index (κ2) is 5.14. The first-order valence-electron chi connectivity index (χ1n) is 6.19. The molecule has 0 atom stereocenters. The number of hydrazine groups is 1. The molecule has 0 radical (unpaired) electrons. The first-order chi connectivity index (χ1) is 8.94. The molecule has 0 aromatic carbocycles. The Kier molecular flexibility index (Phi) is 3.72. The van der Waals surface area contributed by atoms with Gasteiger partial charge in [0.15, 0.2) is 0 Å². The molecule has 1 aliphatic heterocycles. The van der Waals surface area contributed by atoms with Gasteiger partial charge in [-0.05, 0) is 13.8 Å². The molecule has 1 aromatic rings. The van der Waals surface area contributed by atoms with Gasteiger partial charge in [0.25, 0.3) is 0 Å².